The fraction of sp³-hybridized carbons (Fsp3) is 0. The zero-order chi connectivity index (χ0) is 8.23. The van der Waals surface area contributed by atoms with E-state index in [-0.39, 0.29) is 10.1 Å². The molecule has 2 aromatic rings. The van der Waals surface area contributed by atoms with Crippen molar-refractivity contribution in [2.75, 3.05) is 0 Å². The molecule has 13 heavy (non-hydrogen) atoms. The summed E-state index contributed by atoms with van der Waals surface area (Å²) < 4.78 is 0. The van der Waals surface area contributed by atoms with Gasteiger partial charge in [0.05, 0.1) is 0 Å². The quantitative estimate of drug-likeness (QED) is 0.569. The van der Waals surface area contributed by atoms with Crippen molar-refractivity contribution in [1.82, 2.24) is 0 Å². The zero-order valence-corrected chi connectivity index (χ0v) is 6.77. The first-order valence-electron chi connectivity index (χ1n) is 4.07. The fourth-order valence-electron chi connectivity index (χ4n) is 1.26. The summed E-state index contributed by atoms with van der Waals surface area (Å²) in [4.78, 5) is 0. The summed E-state index contributed by atoms with van der Waals surface area (Å²) >= 11 is 0. The maximum atomic E-state index is 2.12. The number of hydrogen-bond acceptors (Lipinski definition) is 0. The van der Waals surface area contributed by atoms with Crippen LogP contribution in [0.4, 0.5) is 0 Å². The van der Waals surface area contributed by atoms with Gasteiger partial charge in [0.1, 0.15) is 0 Å². The van der Waals surface area contributed by atoms with Crippen molar-refractivity contribution < 1.29 is 0 Å². The van der Waals surface area contributed by atoms with Gasteiger partial charge in [-0.3, -0.25) is 0 Å². The minimum absolute atomic E-state index is 0. The van der Waals surface area contributed by atoms with Gasteiger partial charge in [0.2, 0.25) is 0 Å². The first-order valence-corrected chi connectivity index (χ1v) is 4.07. The van der Waals surface area contributed by atoms with Crippen molar-refractivity contribution in [3.05, 3.63) is 60.7 Å². The van der Waals surface area contributed by atoms with E-state index in [0.29, 0.717) is 0 Å². The molecule has 2 rings (SSSR count). The molecular formula is C12H12Be. The number of hydrogen-bond donors (Lipinski definition) is 0. The molecule has 0 aliphatic carbocycles. The molecule has 0 atom stereocenters. The minimum Gasteiger partial charge on any atom is -0.0622 e. The molecule has 2 aromatic carbocycles. The minimum atomic E-state index is 0. The van der Waals surface area contributed by atoms with Crippen LogP contribution in [0.15, 0.2) is 60.7 Å². The van der Waals surface area contributed by atoms with E-state index in [2.05, 4.69) is 48.5 Å². The Kier molecular flexibility index (Phi) is 3.42. The van der Waals surface area contributed by atoms with Gasteiger partial charge in [-0.05, 0) is 11.1 Å². The van der Waals surface area contributed by atoms with Crippen LogP contribution >= 0.6 is 0 Å². The van der Waals surface area contributed by atoms with Crippen LogP contribution < -0.4 is 0 Å². The second kappa shape index (κ2) is 4.59. The van der Waals surface area contributed by atoms with E-state index in [1.54, 1.807) is 0 Å². The van der Waals surface area contributed by atoms with E-state index in [4.69, 9.17) is 0 Å². The van der Waals surface area contributed by atoms with Crippen LogP contribution in [0.1, 0.15) is 0 Å². The molecule has 0 aliphatic rings. The number of benzene rings is 2. The first kappa shape index (κ1) is 9.69. The monoisotopic (exact) mass is 165 g/mol. The van der Waals surface area contributed by atoms with Crippen LogP contribution in [-0.2, 0) is 0 Å². The molecule has 0 unspecified atom stereocenters. The molecule has 0 bridgehead atoms. The molecule has 0 amide bonds. The normalized spacial score (nSPS) is 8.92. The van der Waals surface area contributed by atoms with Crippen LogP contribution in [0.2, 0.25) is 0 Å². The summed E-state index contributed by atoms with van der Waals surface area (Å²) in [6.07, 6.45) is 0. The second-order valence-corrected chi connectivity index (χ2v) is 2.73. The Morgan fingerprint density at radius 1 is 0.462 bits per heavy atom. The smallest absolute Gasteiger partial charge is 0.0184 e. The van der Waals surface area contributed by atoms with E-state index in [1.807, 2.05) is 12.1 Å². The van der Waals surface area contributed by atoms with Gasteiger partial charge in [-0.1, -0.05) is 60.7 Å². The number of rotatable bonds is 1. The Morgan fingerprint density at radius 3 is 1.08 bits per heavy atom. The van der Waals surface area contributed by atoms with E-state index in [1.165, 1.54) is 11.1 Å². The van der Waals surface area contributed by atoms with Gasteiger partial charge in [-0.2, -0.15) is 0 Å². The van der Waals surface area contributed by atoms with Gasteiger partial charge in [-0.15, -0.1) is 0 Å². The predicted molar refractivity (Wildman–Crippen MR) is 60.4 cm³/mol. The third-order valence-electron chi connectivity index (χ3n) is 1.88. The molecule has 0 saturated carbocycles. The third kappa shape index (κ3) is 2.27. The van der Waals surface area contributed by atoms with Crippen LogP contribution in [-0.4, -0.2) is 10.1 Å². The van der Waals surface area contributed by atoms with Gasteiger partial charge in [0.25, 0.3) is 0 Å². The van der Waals surface area contributed by atoms with Crippen molar-refractivity contribution in [1.29, 1.82) is 0 Å². The van der Waals surface area contributed by atoms with E-state index in [0.717, 1.165) is 0 Å². The van der Waals surface area contributed by atoms with Crippen LogP contribution in [0.3, 0.4) is 0 Å². The SMILES string of the molecule is [BeH2].c1ccc(-c2ccccc2)cc1. The Balaban J connectivity index is 0.000000845. The first-order chi connectivity index (χ1) is 5.97. The molecule has 0 aliphatic heterocycles. The van der Waals surface area contributed by atoms with Crippen molar-refractivity contribution in [3.63, 3.8) is 0 Å². The van der Waals surface area contributed by atoms with Crippen molar-refractivity contribution in [3.8, 4) is 11.1 Å². The van der Waals surface area contributed by atoms with Gasteiger partial charge in [-0.25, -0.2) is 0 Å². The fourth-order valence-corrected chi connectivity index (χ4v) is 1.26. The third-order valence-corrected chi connectivity index (χ3v) is 1.88. The summed E-state index contributed by atoms with van der Waals surface area (Å²) in [5, 5.41) is 0. The molecule has 0 heterocycles. The Bertz CT molecular complexity index is 303. The largest absolute Gasteiger partial charge is 0.0622 e. The molecule has 0 N–H and O–H groups in total. The Hall–Kier alpha value is -1.39. The van der Waals surface area contributed by atoms with E-state index < -0.39 is 0 Å². The summed E-state index contributed by atoms with van der Waals surface area (Å²) in [5.41, 5.74) is 2.55. The van der Waals surface area contributed by atoms with Crippen molar-refractivity contribution in [2.24, 2.45) is 0 Å². The molecule has 62 valence electrons. The second-order valence-electron chi connectivity index (χ2n) is 2.73. The van der Waals surface area contributed by atoms with Gasteiger partial charge >= 0.3 is 10.1 Å². The Morgan fingerprint density at radius 2 is 0.769 bits per heavy atom. The standard InChI is InChI=1S/C12H10.Be.2H/c1-3-7-11(8-4-1)12-9-5-2-6-10-12;;;/h1-10H;;;. The predicted octanol–water partition coefficient (Wildman–Crippen LogP) is 2.44. The summed E-state index contributed by atoms with van der Waals surface area (Å²) in [6.45, 7) is 0. The van der Waals surface area contributed by atoms with E-state index >= 15 is 0 Å². The average molecular weight is 165 g/mol. The molecule has 0 spiro atoms. The van der Waals surface area contributed by atoms with Crippen LogP contribution in [0, 0.1) is 0 Å². The van der Waals surface area contributed by atoms with Crippen molar-refractivity contribution in [2.45, 2.75) is 0 Å². The van der Waals surface area contributed by atoms with Gasteiger partial charge in [0.15, 0.2) is 0 Å². The average Bonchev–Trinajstić information content (AvgIpc) is 2.21. The van der Waals surface area contributed by atoms with Crippen LogP contribution in [0.5, 0.6) is 0 Å². The Labute approximate surface area is 82.5 Å². The van der Waals surface area contributed by atoms with Crippen molar-refractivity contribution >= 4 is 10.1 Å². The molecule has 0 nitrogen and oxygen atoms in total. The van der Waals surface area contributed by atoms with Gasteiger partial charge in [0, 0.05) is 0 Å². The topological polar surface area (TPSA) is 0 Å². The maximum Gasteiger partial charge on any atom is -0.0184 e. The summed E-state index contributed by atoms with van der Waals surface area (Å²) in [7, 11) is 0. The molecule has 0 saturated heterocycles. The zero-order valence-electron chi connectivity index (χ0n) is 6.77. The molecule has 1 heteroatoms. The summed E-state index contributed by atoms with van der Waals surface area (Å²) in [6, 6.07) is 20.8. The molecular weight excluding hydrogens is 153 g/mol. The molecule has 0 aromatic heterocycles. The molecule has 0 radical (unpaired) electrons. The summed E-state index contributed by atoms with van der Waals surface area (Å²) in [5.74, 6) is 0. The maximum absolute atomic E-state index is 2.12. The van der Waals surface area contributed by atoms with Gasteiger partial charge < -0.3 is 0 Å². The molecule has 0 fully saturated rings. The van der Waals surface area contributed by atoms with Crippen LogP contribution in [0.25, 0.3) is 11.1 Å². The van der Waals surface area contributed by atoms with E-state index in [9.17, 15) is 0 Å².